The number of carbonyl (C=O) groups is 1. The number of hydrogen-bond donors (Lipinski definition) is 1. The van der Waals surface area contributed by atoms with Gasteiger partial charge in [-0.25, -0.2) is 0 Å². The summed E-state index contributed by atoms with van der Waals surface area (Å²) in [5.74, 6) is 0.220. The molecule has 1 heterocycles. The molecule has 3 heteroatoms. The van der Waals surface area contributed by atoms with Crippen LogP contribution in [0.3, 0.4) is 0 Å². The Morgan fingerprint density at radius 2 is 1.78 bits per heavy atom. The zero-order chi connectivity index (χ0) is 16.1. The lowest BCUT2D eigenvalue weighted by atomic mass is 9.95. The van der Waals surface area contributed by atoms with Crippen molar-refractivity contribution in [3.8, 4) is 0 Å². The molecule has 3 nitrogen and oxygen atoms in total. The van der Waals surface area contributed by atoms with Crippen molar-refractivity contribution in [3.63, 3.8) is 0 Å². The Kier molecular flexibility index (Phi) is 5.09. The zero-order valence-electron chi connectivity index (χ0n) is 13.7. The fraction of sp³-hybridized carbons (Fsp3) is 0.350. The van der Waals surface area contributed by atoms with E-state index in [0.717, 1.165) is 32.5 Å². The molecule has 1 aliphatic rings. The van der Waals surface area contributed by atoms with E-state index in [1.54, 1.807) is 0 Å². The second-order valence-corrected chi connectivity index (χ2v) is 6.06. The number of benzene rings is 2. The summed E-state index contributed by atoms with van der Waals surface area (Å²) >= 11 is 0. The lowest BCUT2D eigenvalue weighted by molar-refractivity contribution is -0.133. The van der Waals surface area contributed by atoms with Crippen LogP contribution in [-0.4, -0.2) is 29.9 Å². The predicted octanol–water partition coefficient (Wildman–Crippen LogP) is 2.79. The molecular weight excluding hydrogens is 284 g/mol. The number of nitrogens with zero attached hydrogens (tertiary/aromatic N) is 1. The van der Waals surface area contributed by atoms with Crippen molar-refractivity contribution < 1.29 is 4.79 Å². The van der Waals surface area contributed by atoms with Crippen LogP contribution in [0.5, 0.6) is 0 Å². The molecule has 1 N–H and O–H groups in total. The topological polar surface area (TPSA) is 32.3 Å². The molecule has 0 saturated heterocycles. The van der Waals surface area contributed by atoms with Crippen LogP contribution in [0.1, 0.15) is 23.6 Å². The first-order chi connectivity index (χ1) is 11.3. The van der Waals surface area contributed by atoms with Gasteiger partial charge in [-0.2, -0.15) is 0 Å². The maximum absolute atomic E-state index is 12.8. The van der Waals surface area contributed by atoms with Crippen LogP contribution in [0, 0.1) is 0 Å². The average molecular weight is 308 g/mol. The number of nitrogens with one attached hydrogen (secondary N) is 1. The molecule has 0 saturated carbocycles. The van der Waals surface area contributed by atoms with E-state index in [-0.39, 0.29) is 11.9 Å². The molecule has 120 valence electrons. The fourth-order valence-electron chi connectivity index (χ4n) is 3.18. The Morgan fingerprint density at radius 3 is 2.52 bits per heavy atom. The van der Waals surface area contributed by atoms with Crippen LogP contribution < -0.4 is 5.32 Å². The van der Waals surface area contributed by atoms with Crippen molar-refractivity contribution >= 4 is 5.91 Å². The molecule has 1 atom stereocenters. The van der Waals surface area contributed by atoms with Crippen molar-refractivity contribution in [1.82, 2.24) is 10.2 Å². The summed E-state index contributed by atoms with van der Waals surface area (Å²) in [5.41, 5.74) is 3.88. The van der Waals surface area contributed by atoms with E-state index in [4.69, 9.17) is 0 Å². The van der Waals surface area contributed by atoms with Crippen molar-refractivity contribution in [2.45, 2.75) is 32.4 Å². The zero-order valence-corrected chi connectivity index (χ0v) is 13.7. The molecule has 1 aliphatic heterocycles. The first-order valence-corrected chi connectivity index (χ1v) is 8.41. The van der Waals surface area contributed by atoms with Crippen molar-refractivity contribution in [2.24, 2.45) is 0 Å². The first kappa shape index (κ1) is 15.8. The number of fused-ring (bicyclic) bond motifs is 1. The summed E-state index contributed by atoms with van der Waals surface area (Å²) in [6.45, 7) is 4.37. The third-order valence-corrected chi connectivity index (χ3v) is 4.59. The summed E-state index contributed by atoms with van der Waals surface area (Å²) < 4.78 is 0. The van der Waals surface area contributed by atoms with Gasteiger partial charge in [-0.1, -0.05) is 54.6 Å². The minimum absolute atomic E-state index is 0.0966. The second-order valence-electron chi connectivity index (χ2n) is 6.06. The second kappa shape index (κ2) is 7.42. The van der Waals surface area contributed by atoms with E-state index in [1.807, 2.05) is 23.1 Å². The highest BCUT2D eigenvalue weighted by molar-refractivity contribution is 5.82. The third-order valence-electron chi connectivity index (χ3n) is 4.59. The number of hydrogen-bond acceptors (Lipinski definition) is 2. The van der Waals surface area contributed by atoms with Crippen LogP contribution in [-0.2, 0) is 24.2 Å². The summed E-state index contributed by atoms with van der Waals surface area (Å²) in [6.07, 6.45) is 1.70. The first-order valence-electron chi connectivity index (χ1n) is 8.41. The Hall–Kier alpha value is -2.13. The van der Waals surface area contributed by atoms with Crippen molar-refractivity contribution in [1.29, 1.82) is 0 Å². The maximum atomic E-state index is 12.8. The van der Waals surface area contributed by atoms with Gasteiger partial charge in [0.2, 0.25) is 5.91 Å². The highest BCUT2D eigenvalue weighted by Crippen LogP contribution is 2.17. The van der Waals surface area contributed by atoms with E-state index < -0.39 is 0 Å². The van der Waals surface area contributed by atoms with Crippen LogP contribution in [0.2, 0.25) is 0 Å². The molecule has 0 fully saturated rings. The standard InChI is InChI=1S/C20H24N2O/c1-2-22(13-12-16-8-4-3-5-9-16)20(23)19-14-17-10-6-7-11-18(17)15-21-19/h3-11,19,21H,2,12-15H2,1H3. The van der Waals surface area contributed by atoms with E-state index >= 15 is 0 Å². The summed E-state index contributed by atoms with van der Waals surface area (Å²) in [7, 11) is 0. The minimum atomic E-state index is -0.0966. The third kappa shape index (κ3) is 3.80. The average Bonchev–Trinajstić information content (AvgIpc) is 2.62. The molecule has 1 unspecified atom stereocenters. The Bertz CT molecular complexity index is 654. The fourth-order valence-corrected chi connectivity index (χ4v) is 3.18. The van der Waals surface area contributed by atoms with Crippen LogP contribution in [0.15, 0.2) is 54.6 Å². The van der Waals surface area contributed by atoms with E-state index in [2.05, 4.69) is 48.6 Å². The quantitative estimate of drug-likeness (QED) is 0.921. The van der Waals surface area contributed by atoms with Gasteiger partial charge in [0.15, 0.2) is 0 Å². The van der Waals surface area contributed by atoms with Gasteiger partial charge in [0, 0.05) is 19.6 Å². The molecule has 0 aliphatic carbocycles. The SMILES string of the molecule is CCN(CCc1ccccc1)C(=O)C1Cc2ccccc2CN1. The van der Waals surface area contributed by atoms with Gasteiger partial charge in [-0.15, -0.1) is 0 Å². The molecule has 2 aromatic rings. The van der Waals surface area contributed by atoms with Gasteiger partial charge in [0.05, 0.1) is 6.04 Å². The summed E-state index contributed by atoms with van der Waals surface area (Å²) in [6, 6.07) is 18.6. The minimum Gasteiger partial charge on any atom is -0.341 e. The predicted molar refractivity (Wildman–Crippen MR) is 93.2 cm³/mol. The van der Waals surface area contributed by atoms with Crippen molar-refractivity contribution in [3.05, 3.63) is 71.3 Å². The Labute approximate surface area is 138 Å². The van der Waals surface area contributed by atoms with Gasteiger partial charge in [-0.05, 0) is 36.5 Å². The van der Waals surface area contributed by atoms with Gasteiger partial charge in [0.1, 0.15) is 0 Å². The normalized spacial score (nSPS) is 16.7. The molecule has 0 spiro atoms. The van der Waals surface area contributed by atoms with Gasteiger partial charge in [0.25, 0.3) is 0 Å². The molecule has 0 aromatic heterocycles. The monoisotopic (exact) mass is 308 g/mol. The van der Waals surface area contributed by atoms with Gasteiger partial charge >= 0.3 is 0 Å². The Balaban J connectivity index is 1.62. The molecule has 2 aromatic carbocycles. The molecule has 1 amide bonds. The maximum Gasteiger partial charge on any atom is 0.240 e. The highest BCUT2D eigenvalue weighted by atomic mass is 16.2. The van der Waals surface area contributed by atoms with E-state index in [1.165, 1.54) is 16.7 Å². The lowest BCUT2D eigenvalue weighted by Crippen LogP contribution is -2.49. The van der Waals surface area contributed by atoms with Crippen LogP contribution >= 0.6 is 0 Å². The molecule has 0 bridgehead atoms. The van der Waals surface area contributed by atoms with E-state index in [9.17, 15) is 4.79 Å². The van der Waals surface area contributed by atoms with Crippen molar-refractivity contribution in [2.75, 3.05) is 13.1 Å². The Morgan fingerprint density at radius 1 is 1.09 bits per heavy atom. The van der Waals surface area contributed by atoms with Crippen LogP contribution in [0.25, 0.3) is 0 Å². The highest BCUT2D eigenvalue weighted by Gasteiger charge is 2.27. The van der Waals surface area contributed by atoms with E-state index in [0.29, 0.717) is 0 Å². The number of carbonyl (C=O) groups excluding carboxylic acids is 1. The summed E-state index contributed by atoms with van der Waals surface area (Å²) in [5, 5.41) is 3.40. The van der Waals surface area contributed by atoms with Gasteiger partial charge in [-0.3, -0.25) is 4.79 Å². The molecule has 0 radical (unpaired) electrons. The largest absolute Gasteiger partial charge is 0.341 e. The number of amides is 1. The van der Waals surface area contributed by atoms with Gasteiger partial charge < -0.3 is 10.2 Å². The van der Waals surface area contributed by atoms with Crippen LogP contribution in [0.4, 0.5) is 0 Å². The molecule has 23 heavy (non-hydrogen) atoms. The molecular formula is C20H24N2O. The lowest BCUT2D eigenvalue weighted by Gasteiger charge is -2.30. The number of likely N-dealkylation sites (N-methyl/N-ethyl adjacent to an activating group) is 1. The summed E-state index contributed by atoms with van der Waals surface area (Å²) in [4.78, 5) is 14.8. The smallest absolute Gasteiger partial charge is 0.240 e. The molecule has 3 rings (SSSR count). The number of rotatable bonds is 5.